The Balaban J connectivity index is 1.65. The maximum absolute atomic E-state index is 13.9. The molecule has 2 aromatic heterocycles. The Labute approximate surface area is 243 Å². The minimum absolute atomic E-state index is 0.0767. The van der Waals surface area contributed by atoms with Crippen molar-refractivity contribution in [1.29, 1.82) is 0 Å². The lowest BCUT2D eigenvalue weighted by Crippen LogP contribution is -2.39. The molecule has 0 radical (unpaired) electrons. The van der Waals surface area contributed by atoms with E-state index in [4.69, 9.17) is 18.6 Å². The van der Waals surface area contributed by atoms with E-state index in [0.29, 0.717) is 49.2 Å². The molecule has 2 aromatic carbocycles. The van der Waals surface area contributed by atoms with Gasteiger partial charge in [0, 0.05) is 12.1 Å². The van der Waals surface area contributed by atoms with Crippen LogP contribution in [0.4, 0.5) is 5.69 Å². The van der Waals surface area contributed by atoms with Gasteiger partial charge in [-0.2, -0.15) is 0 Å². The molecule has 1 aliphatic rings. The van der Waals surface area contributed by atoms with Gasteiger partial charge in [-0.05, 0) is 62.2 Å². The number of methoxy groups -OCH3 is 2. The van der Waals surface area contributed by atoms with E-state index in [2.05, 4.69) is 4.99 Å². The molecule has 0 saturated heterocycles. The van der Waals surface area contributed by atoms with E-state index in [0.717, 1.165) is 16.9 Å². The van der Waals surface area contributed by atoms with Gasteiger partial charge in [0.2, 0.25) is 0 Å². The third kappa shape index (κ3) is 5.12. The topological polar surface area (TPSA) is 135 Å². The van der Waals surface area contributed by atoms with Crippen LogP contribution in [0.2, 0.25) is 0 Å². The maximum atomic E-state index is 13.9. The number of furan rings is 1. The first-order valence-electron chi connectivity index (χ1n) is 12.9. The molecule has 5 rings (SSSR count). The van der Waals surface area contributed by atoms with Crippen molar-refractivity contribution in [2.24, 2.45) is 4.99 Å². The molecule has 0 amide bonds. The second-order valence-corrected chi connectivity index (χ2v) is 10.4. The van der Waals surface area contributed by atoms with Gasteiger partial charge < -0.3 is 18.6 Å². The Morgan fingerprint density at radius 1 is 1.12 bits per heavy atom. The summed E-state index contributed by atoms with van der Waals surface area (Å²) in [7, 11) is 3.02. The summed E-state index contributed by atoms with van der Waals surface area (Å²) in [5.74, 6) is 0.972. The molecule has 0 bridgehead atoms. The van der Waals surface area contributed by atoms with Crippen LogP contribution in [0.3, 0.4) is 0 Å². The Morgan fingerprint density at radius 3 is 2.57 bits per heavy atom. The molecule has 216 valence electrons. The van der Waals surface area contributed by atoms with Crippen molar-refractivity contribution in [3.05, 3.63) is 106 Å². The second-order valence-electron chi connectivity index (χ2n) is 9.40. The summed E-state index contributed by atoms with van der Waals surface area (Å²) in [5, 5.41) is 11.6. The van der Waals surface area contributed by atoms with Gasteiger partial charge in [0.05, 0.1) is 53.2 Å². The number of hydrogen-bond donors (Lipinski definition) is 0. The number of allylic oxidation sites excluding steroid dienone is 1. The molecule has 0 saturated carbocycles. The zero-order chi connectivity index (χ0) is 30.1. The first kappa shape index (κ1) is 28.6. The van der Waals surface area contributed by atoms with Crippen molar-refractivity contribution in [3.8, 4) is 22.8 Å². The van der Waals surface area contributed by atoms with Gasteiger partial charge in [-0.3, -0.25) is 19.5 Å². The number of fused-ring (bicyclic) bond motifs is 1. The first-order chi connectivity index (χ1) is 20.2. The van der Waals surface area contributed by atoms with E-state index in [-0.39, 0.29) is 17.9 Å². The second kappa shape index (κ2) is 11.5. The average Bonchev–Trinajstić information content (AvgIpc) is 3.55. The number of ether oxygens (including phenoxy) is 3. The fourth-order valence-corrected chi connectivity index (χ4v) is 5.86. The van der Waals surface area contributed by atoms with Crippen molar-refractivity contribution < 1.29 is 28.3 Å². The number of aryl methyl sites for hydroxylation is 1. The van der Waals surface area contributed by atoms with E-state index in [1.807, 2.05) is 0 Å². The quantitative estimate of drug-likeness (QED) is 0.169. The van der Waals surface area contributed by atoms with E-state index < -0.39 is 22.5 Å². The van der Waals surface area contributed by atoms with Gasteiger partial charge in [0.25, 0.3) is 11.2 Å². The predicted octanol–water partition coefficient (Wildman–Crippen LogP) is 4.29. The molecule has 11 nitrogen and oxygen atoms in total. The molecule has 12 heteroatoms. The lowest BCUT2D eigenvalue weighted by molar-refractivity contribution is -0.384. The summed E-state index contributed by atoms with van der Waals surface area (Å²) >= 11 is 1.14. The van der Waals surface area contributed by atoms with Crippen LogP contribution in [0.15, 0.2) is 74.0 Å². The van der Waals surface area contributed by atoms with Crippen LogP contribution < -0.4 is 24.4 Å². The molecular formula is C30H27N3O8S. The summed E-state index contributed by atoms with van der Waals surface area (Å²) in [4.78, 5) is 43.2. The zero-order valence-corrected chi connectivity index (χ0v) is 24.3. The van der Waals surface area contributed by atoms with E-state index >= 15 is 0 Å². The highest BCUT2D eigenvalue weighted by Crippen LogP contribution is 2.36. The number of nitrogens with zero attached hydrogens (tertiary/aromatic N) is 3. The van der Waals surface area contributed by atoms with E-state index in [1.54, 1.807) is 69.3 Å². The Bertz CT molecular complexity index is 1930. The number of esters is 1. The van der Waals surface area contributed by atoms with Crippen molar-refractivity contribution >= 4 is 29.1 Å². The van der Waals surface area contributed by atoms with Gasteiger partial charge in [-0.15, -0.1) is 0 Å². The van der Waals surface area contributed by atoms with Gasteiger partial charge >= 0.3 is 5.97 Å². The van der Waals surface area contributed by atoms with Crippen LogP contribution in [0, 0.1) is 17.0 Å². The zero-order valence-electron chi connectivity index (χ0n) is 23.5. The number of carbonyl (C=O) groups excluding carboxylic acids is 1. The van der Waals surface area contributed by atoms with Gasteiger partial charge in [-0.25, -0.2) is 9.79 Å². The minimum atomic E-state index is -0.843. The summed E-state index contributed by atoms with van der Waals surface area (Å²) < 4.78 is 23.9. The van der Waals surface area contributed by atoms with Crippen molar-refractivity contribution in [3.63, 3.8) is 0 Å². The smallest absolute Gasteiger partial charge is 0.338 e. The molecule has 1 atom stereocenters. The van der Waals surface area contributed by atoms with Crippen molar-refractivity contribution in [2.45, 2.75) is 26.8 Å². The third-order valence-corrected chi connectivity index (χ3v) is 7.74. The minimum Gasteiger partial charge on any atom is -0.493 e. The van der Waals surface area contributed by atoms with Crippen molar-refractivity contribution in [1.82, 2.24) is 4.57 Å². The number of rotatable bonds is 8. The molecule has 0 spiro atoms. The van der Waals surface area contributed by atoms with Gasteiger partial charge in [0.1, 0.15) is 11.5 Å². The summed E-state index contributed by atoms with van der Waals surface area (Å²) in [6.07, 6.45) is 1.56. The molecule has 0 fully saturated rings. The number of aromatic nitrogens is 1. The molecule has 1 aliphatic heterocycles. The number of hydrogen-bond acceptors (Lipinski definition) is 10. The van der Waals surface area contributed by atoms with Gasteiger partial charge in [0.15, 0.2) is 16.3 Å². The number of thiazole rings is 1. The highest BCUT2D eigenvalue weighted by Gasteiger charge is 2.34. The highest BCUT2D eigenvalue weighted by molar-refractivity contribution is 7.07. The molecule has 3 heterocycles. The lowest BCUT2D eigenvalue weighted by atomic mass is 9.95. The molecule has 4 aromatic rings. The van der Waals surface area contributed by atoms with Gasteiger partial charge in [-0.1, -0.05) is 23.5 Å². The Morgan fingerprint density at radius 2 is 1.88 bits per heavy atom. The SMILES string of the molecule is CCOC(=O)C1=C(C)N=c2s/c(=C\c3ccc(-c4ccc(C)cc4[N+](=O)[O-])o3)c(=O)n2[C@@H]1c1ccc(OC)c(OC)c1. The van der Waals surface area contributed by atoms with Crippen LogP contribution in [-0.2, 0) is 9.53 Å². The molecule has 0 aliphatic carbocycles. The molecule has 0 unspecified atom stereocenters. The standard InChI is InChI=1S/C30H27N3O8S/c1-6-40-29(35)26-17(3)31-30-32(27(26)18-8-11-23(38-4)24(14-18)39-5)28(34)25(42-30)15-19-9-12-22(41-19)20-10-7-16(2)13-21(20)33(36)37/h7-15,27H,6H2,1-5H3/b25-15-/t27-/m1/s1. The number of carbonyl (C=O) groups is 1. The molecule has 0 N–H and O–H groups in total. The summed E-state index contributed by atoms with van der Waals surface area (Å²) in [6.45, 7) is 5.33. The summed E-state index contributed by atoms with van der Waals surface area (Å²) in [5.41, 5.74) is 1.86. The third-order valence-electron chi connectivity index (χ3n) is 6.76. The maximum Gasteiger partial charge on any atom is 0.338 e. The number of benzene rings is 2. The Hall–Kier alpha value is -4.97. The fraction of sp³-hybridized carbons (Fsp3) is 0.233. The van der Waals surface area contributed by atoms with Crippen LogP contribution >= 0.6 is 11.3 Å². The van der Waals surface area contributed by atoms with Crippen LogP contribution in [-0.4, -0.2) is 36.3 Å². The lowest BCUT2D eigenvalue weighted by Gasteiger charge is -2.25. The molecular weight excluding hydrogens is 562 g/mol. The van der Waals surface area contributed by atoms with Crippen LogP contribution in [0.1, 0.15) is 36.8 Å². The fourth-order valence-electron chi connectivity index (χ4n) is 4.84. The predicted molar refractivity (Wildman–Crippen MR) is 155 cm³/mol. The van der Waals surface area contributed by atoms with Crippen LogP contribution in [0.25, 0.3) is 17.4 Å². The van der Waals surface area contributed by atoms with E-state index in [1.165, 1.54) is 24.9 Å². The van der Waals surface area contributed by atoms with Crippen LogP contribution in [0.5, 0.6) is 11.5 Å². The largest absolute Gasteiger partial charge is 0.493 e. The van der Waals surface area contributed by atoms with E-state index in [9.17, 15) is 19.7 Å². The normalized spacial score (nSPS) is 14.8. The molecule has 42 heavy (non-hydrogen) atoms. The Kier molecular flexibility index (Phi) is 7.81. The highest BCUT2D eigenvalue weighted by atomic mass is 32.1. The first-order valence-corrected chi connectivity index (χ1v) is 13.7. The average molecular weight is 590 g/mol. The summed E-state index contributed by atoms with van der Waals surface area (Å²) in [6, 6.07) is 12.5. The monoisotopic (exact) mass is 589 g/mol. The van der Waals surface area contributed by atoms with Crippen molar-refractivity contribution in [2.75, 3.05) is 20.8 Å². The number of nitro groups is 1. The number of nitro benzene ring substituents is 1.